The van der Waals surface area contributed by atoms with Crippen molar-refractivity contribution in [2.24, 2.45) is 0 Å². The van der Waals surface area contributed by atoms with E-state index < -0.39 is 0 Å². The van der Waals surface area contributed by atoms with E-state index in [0.717, 1.165) is 12.8 Å². The van der Waals surface area contributed by atoms with Gasteiger partial charge in [-0.15, -0.1) is 0 Å². The molecule has 0 N–H and O–H groups in total. The fourth-order valence-electron chi connectivity index (χ4n) is 1.17. The number of carbonyl (C=O) groups is 1. The molecule has 0 spiro atoms. The number of hydrogen-bond donors (Lipinski definition) is 0. The molecule has 2 nitrogen and oxygen atoms in total. The van der Waals surface area contributed by atoms with E-state index in [2.05, 4.69) is 12.2 Å². The van der Waals surface area contributed by atoms with Gasteiger partial charge in [-0.1, -0.05) is 23.8 Å². The Hall–Kier alpha value is -1.05. The highest BCUT2D eigenvalue weighted by Crippen LogP contribution is 2.16. The first-order valence-electron chi connectivity index (χ1n) is 4.33. The van der Waals surface area contributed by atoms with E-state index >= 15 is 0 Å². The Morgan fingerprint density at radius 3 is 3.08 bits per heavy atom. The number of allylic oxidation sites excluding steroid dienone is 4. The lowest BCUT2D eigenvalue weighted by atomic mass is 10.1. The van der Waals surface area contributed by atoms with E-state index in [4.69, 9.17) is 4.74 Å². The second kappa shape index (κ2) is 4.75. The van der Waals surface area contributed by atoms with Gasteiger partial charge in [0.1, 0.15) is 0 Å². The number of hydrogen-bond acceptors (Lipinski definition) is 2. The van der Waals surface area contributed by atoms with Crippen molar-refractivity contribution in [1.82, 2.24) is 0 Å². The summed E-state index contributed by atoms with van der Waals surface area (Å²) in [6.07, 6.45) is 8.55. The van der Waals surface area contributed by atoms with Gasteiger partial charge in [0, 0.05) is 6.42 Å². The van der Waals surface area contributed by atoms with Gasteiger partial charge in [0.05, 0.1) is 6.61 Å². The number of rotatable bonds is 4. The lowest BCUT2D eigenvalue weighted by Gasteiger charge is -2.01. The average molecular weight is 166 g/mol. The van der Waals surface area contributed by atoms with E-state index in [-0.39, 0.29) is 5.97 Å². The lowest BCUT2D eigenvalue weighted by Crippen LogP contribution is -2.03. The van der Waals surface area contributed by atoms with Gasteiger partial charge in [0.2, 0.25) is 0 Å². The molecule has 12 heavy (non-hydrogen) atoms. The standard InChI is InChI=1S/C10H14O2/c1-2-12-10(11)8-7-9-5-3-4-6-9/h3-5H,2,6-8H2,1H3. The summed E-state index contributed by atoms with van der Waals surface area (Å²) in [5.41, 5.74) is 1.32. The van der Waals surface area contributed by atoms with E-state index in [0.29, 0.717) is 13.0 Å². The van der Waals surface area contributed by atoms with Gasteiger partial charge in [0.15, 0.2) is 0 Å². The molecule has 66 valence electrons. The van der Waals surface area contributed by atoms with Gasteiger partial charge >= 0.3 is 5.97 Å². The predicted octanol–water partition coefficient (Wildman–Crippen LogP) is 2.22. The van der Waals surface area contributed by atoms with Gasteiger partial charge in [0.25, 0.3) is 0 Å². The summed E-state index contributed by atoms with van der Waals surface area (Å²) < 4.78 is 4.82. The van der Waals surface area contributed by atoms with Crippen molar-refractivity contribution in [3.8, 4) is 0 Å². The molecule has 0 aromatic rings. The second-order valence-corrected chi connectivity index (χ2v) is 2.76. The smallest absolute Gasteiger partial charge is 0.306 e. The Kier molecular flexibility index (Phi) is 3.58. The molecule has 0 saturated carbocycles. The highest BCUT2D eigenvalue weighted by molar-refractivity contribution is 5.69. The summed E-state index contributed by atoms with van der Waals surface area (Å²) in [5.74, 6) is -0.0923. The van der Waals surface area contributed by atoms with Crippen LogP contribution in [0.15, 0.2) is 23.8 Å². The molecule has 0 fully saturated rings. The maximum absolute atomic E-state index is 10.9. The molecule has 0 aromatic carbocycles. The minimum atomic E-state index is -0.0923. The normalized spacial score (nSPS) is 14.6. The Morgan fingerprint density at radius 2 is 2.50 bits per heavy atom. The highest BCUT2D eigenvalue weighted by Gasteiger charge is 2.04. The van der Waals surface area contributed by atoms with Crippen LogP contribution in [0.2, 0.25) is 0 Å². The van der Waals surface area contributed by atoms with Crippen LogP contribution in [0.5, 0.6) is 0 Å². The van der Waals surface area contributed by atoms with Gasteiger partial charge in [-0.05, 0) is 19.8 Å². The minimum Gasteiger partial charge on any atom is -0.466 e. The van der Waals surface area contributed by atoms with E-state index in [1.165, 1.54) is 5.57 Å². The molecule has 1 rings (SSSR count). The number of ether oxygens (including phenoxy) is 1. The Morgan fingerprint density at radius 1 is 1.67 bits per heavy atom. The maximum atomic E-state index is 10.9. The molecule has 0 saturated heterocycles. The van der Waals surface area contributed by atoms with Crippen LogP contribution < -0.4 is 0 Å². The molecule has 0 bridgehead atoms. The van der Waals surface area contributed by atoms with E-state index in [1.807, 2.05) is 13.0 Å². The molecule has 0 aliphatic heterocycles. The topological polar surface area (TPSA) is 26.3 Å². The van der Waals surface area contributed by atoms with Gasteiger partial charge in [-0.2, -0.15) is 0 Å². The monoisotopic (exact) mass is 166 g/mol. The number of esters is 1. The summed E-state index contributed by atoms with van der Waals surface area (Å²) >= 11 is 0. The SMILES string of the molecule is CCOC(=O)CCC1=CC=CC1. The Balaban J connectivity index is 2.13. The first kappa shape index (κ1) is 9.04. The van der Waals surface area contributed by atoms with Crippen LogP contribution in [0.1, 0.15) is 26.2 Å². The molecule has 0 heterocycles. The van der Waals surface area contributed by atoms with Crippen molar-refractivity contribution >= 4 is 5.97 Å². The molecule has 0 amide bonds. The summed E-state index contributed by atoms with van der Waals surface area (Å²) in [7, 11) is 0. The third kappa shape index (κ3) is 2.91. The van der Waals surface area contributed by atoms with Crippen molar-refractivity contribution < 1.29 is 9.53 Å². The van der Waals surface area contributed by atoms with Gasteiger partial charge < -0.3 is 4.74 Å². The van der Waals surface area contributed by atoms with Crippen molar-refractivity contribution in [2.75, 3.05) is 6.61 Å². The fourth-order valence-corrected chi connectivity index (χ4v) is 1.17. The molecule has 2 heteroatoms. The Labute approximate surface area is 72.9 Å². The van der Waals surface area contributed by atoms with Crippen LogP contribution in [-0.4, -0.2) is 12.6 Å². The van der Waals surface area contributed by atoms with Crippen LogP contribution in [0.3, 0.4) is 0 Å². The van der Waals surface area contributed by atoms with Crippen LogP contribution in [0, 0.1) is 0 Å². The first-order chi connectivity index (χ1) is 5.83. The molecule has 0 atom stereocenters. The van der Waals surface area contributed by atoms with Gasteiger partial charge in [-0.3, -0.25) is 4.79 Å². The Bertz CT molecular complexity index is 214. The van der Waals surface area contributed by atoms with Crippen molar-refractivity contribution in [3.05, 3.63) is 23.8 Å². The molecule has 1 aliphatic rings. The zero-order valence-corrected chi connectivity index (χ0v) is 7.38. The zero-order valence-electron chi connectivity index (χ0n) is 7.38. The van der Waals surface area contributed by atoms with Crippen LogP contribution in [0.4, 0.5) is 0 Å². The minimum absolute atomic E-state index is 0.0923. The largest absolute Gasteiger partial charge is 0.466 e. The second-order valence-electron chi connectivity index (χ2n) is 2.76. The van der Waals surface area contributed by atoms with Crippen molar-refractivity contribution in [1.29, 1.82) is 0 Å². The third-order valence-electron chi connectivity index (χ3n) is 1.80. The summed E-state index contributed by atoms with van der Waals surface area (Å²) in [6, 6.07) is 0. The molecular formula is C10H14O2. The molecule has 0 radical (unpaired) electrons. The molecular weight excluding hydrogens is 152 g/mol. The summed E-state index contributed by atoms with van der Waals surface area (Å²) in [5, 5.41) is 0. The van der Waals surface area contributed by atoms with Crippen LogP contribution in [0.25, 0.3) is 0 Å². The van der Waals surface area contributed by atoms with Gasteiger partial charge in [-0.25, -0.2) is 0 Å². The predicted molar refractivity (Wildman–Crippen MR) is 47.7 cm³/mol. The summed E-state index contributed by atoms with van der Waals surface area (Å²) in [4.78, 5) is 10.9. The lowest BCUT2D eigenvalue weighted by molar-refractivity contribution is -0.143. The average Bonchev–Trinajstić information content (AvgIpc) is 2.53. The van der Waals surface area contributed by atoms with Crippen LogP contribution >= 0.6 is 0 Å². The third-order valence-corrected chi connectivity index (χ3v) is 1.80. The van der Waals surface area contributed by atoms with Crippen molar-refractivity contribution in [3.63, 3.8) is 0 Å². The summed E-state index contributed by atoms with van der Waals surface area (Å²) in [6.45, 7) is 2.31. The quantitative estimate of drug-likeness (QED) is 0.598. The van der Waals surface area contributed by atoms with Crippen LogP contribution in [-0.2, 0) is 9.53 Å². The van der Waals surface area contributed by atoms with E-state index in [1.54, 1.807) is 0 Å². The van der Waals surface area contributed by atoms with E-state index in [9.17, 15) is 4.79 Å². The molecule has 1 aliphatic carbocycles. The highest BCUT2D eigenvalue weighted by atomic mass is 16.5. The van der Waals surface area contributed by atoms with Crippen molar-refractivity contribution in [2.45, 2.75) is 26.2 Å². The number of carbonyl (C=O) groups excluding carboxylic acids is 1. The maximum Gasteiger partial charge on any atom is 0.306 e. The molecule has 0 aromatic heterocycles. The zero-order chi connectivity index (χ0) is 8.81. The fraction of sp³-hybridized carbons (Fsp3) is 0.500. The first-order valence-corrected chi connectivity index (χ1v) is 4.33. The molecule has 0 unspecified atom stereocenters.